The van der Waals surface area contributed by atoms with E-state index >= 15 is 0 Å². The first kappa shape index (κ1) is 17.9. The van der Waals surface area contributed by atoms with Crippen molar-refractivity contribution in [2.75, 3.05) is 7.11 Å². The third-order valence-electron chi connectivity index (χ3n) is 4.70. The van der Waals surface area contributed by atoms with E-state index in [9.17, 15) is 19.1 Å². The van der Waals surface area contributed by atoms with E-state index in [1.165, 1.54) is 24.1 Å². The van der Waals surface area contributed by atoms with Crippen molar-refractivity contribution in [1.29, 1.82) is 0 Å². The van der Waals surface area contributed by atoms with Gasteiger partial charge in [-0.1, -0.05) is 30.3 Å². The SMILES string of the molecule is COc1ccc(CCC(=O)N2Cc3ccccc3C[C@@H]2C(=O)O)cc1F. The number of aliphatic carboxylic acids is 1. The van der Waals surface area contributed by atoms with Crippen LogP contribution in [0.25, 0.3) is 0 Å². The van der Waals surface area contributed by atoms with Crippen molar-refractivity contribution in [2.45, 2.75) is 31.8 Å². The molecule has 1 aliphatic rings. The summed E-state index contributed by atoms with van der Waals surface area (Å²) in [5.41, 5.74) is 2.59. The van der Waals surface area contributed by atoms with Crippen molar-refractivity contribution in [1.82, 2.24) is 4.90 Å². The Balaban J connectivity index is 1.71. The summed E-state index contributed by atoms with van der Waals surface area (Å²) in [6.07, 6.45) is 0.760. The maximum Gasteiger partial charge on any atom is 0.326 e. The van der Waals surface area contributed by atoms with Gasteiger partial charge in [-0.05, 0) is 35.2 Å². The molecule has 136 valence electrons. The summed E-state index contributed by atoms with van der Waals surface area (Å²) in [6.45, 7) is 0.281. The van der Waals surface area contributed by atoms with Gasteiger partial charge in [-0.25, -0.2) is 9.18 Å². The molecule has 0 radical (unpaired) electrons. The van der Waals surface area contributed by atoms with Crippen LogP contribution in [0.3, 0.4) is 0 Å². The van der Waals surface area contributed by atoms with Crippen molar-refractivity contribution in [3.63, 3.8) is 0 Å². The molecule has 0 bridgehead atoms. The summed E-state index contributed by atoms with van der Waals surface area (Å²) in [5, 5.41) is 9.51. The van der Waals surface area contributed by atoms with Crippen LogP contribution in [0.1, 0.15) is 23.1 Å². The van der Waals surface area contributed by atoms with Gasteiger partial charge in [0.1, 0.15) is 6.04 Å². The predicted octanol–water partition coefficient (Wildman–Crippen LogP) is 2.81. The van der Waals surface area contributed by atoms with Crippen LogP contribution in [0, 0.1) is 5.82 Å². The number of carbonyl (C=O) groups is 2. The van der Waals surface area contributed by atoms with E-state index in [1.807, 2.05) is 24.3 Å². The first-order valence-electron chi connectivity index (χ1n) is 8.41. The number of carboxylic acids is 1. The smallest absolute Gasteiger partial charge is 0.326 e. The van der Waals surface area contributed by atoms with Gasteiger partial charge in [-0.3, -0.25) is 4.79 Å². The predicted molar refractivity (Wildman–Crippen MR) is 93.4 cm³/mol. The molecule has 0 saturated heterocycles. The number of aryl methyl sites for hydroxylation is 1. The van der Waals surface area contributed by atoms with Crippen LogP contribution < -0.4 is 4.74 Å². The van der Waals surface area contributed by atoms with E-state index < -0.39 is 17.8 Å². The van der Waals surface area contributed by atoms with Gasteiger partial charge in [-0.2, -0.15) is 0 Å². The Kier molecular flexibility index (Phi) is 5.21. The molecule has 3 rings (SSSR count). The minimum atomic E-state index is -1.01. The Morgan fingerprint density at radius 2 is 1.96 bits per heavy atom. The largest absolute Gasteiger partial charge is 0.494 e. The zero-order valence-corrected chi connectivity index (χ0v) is 14.4. The quantitative estimate of drug-likeness (QED) is 0.894. The van der Waals surface area contributed by atoms with E-state index in [-0.39, 0.29) is 24.6 Å². The highest BCUT2D eigenvalue weighted by Crippen LogP contribution is 2.25. The van der Waals surface area contributed by atoms with E-state index in [2.05, 4.69) is 0 Å². The molecule has 1 atom stereocenters. The van der Waals surface area contributed by atoms with Gasteiger partial charge in [0.25, 0.3) is 0 Å². The van der Waals surface area contributed by atoms with Gasteiger partial charge < -0.3 is 14.7 Å². The van der Waals surface area contributed by atoms with Gasteiger partial charge in [0.15, 0.2) is 11.6 Å². The maximum atomic E-state index is 13.8. The highest BCUT2D eigenvalue weighted by atomic mass is 19.1. The van der Waals surface area contributed by atoms with Gasteiger partial charge in [-0.15, -0.1) is 0 Å². The van der Waals surface area contributed by atoms with Crippen LogP contribution in [-0.2, 0) is 29.0 Å². The van der Waals surface area contributed by atoms with Gasteiger partial charge in [0, 0.05) is 19.4 Å². The molecule has 5 nitrogen and oxygen atoms in total. The molecule has 2 aromatic rings. The zero-order chi connectivity index (χ0) is 18.7. The summed E-state index contributed by atoms with van der Waals surface area (Å²) >= 11 is 0. The van der Waals surface area contributed by atoms with Gasteiger partial charge in [0.2, 0.25) is 5.91 Å². The molecule has 26 heavy (non-hydrogen) atoms. The van der Waals surface area contributed by atoms with E-state index in [4.69, 9.17) is 4.74 Å². The van der Waals surface area contributed by atoms with E-state index in [0.717, 1.165) is 11.1 Å². The molecule has 0 unspecified atom stereocenters. The van der Waals surface area contributed by atoms with Crippen LogP contribution in [-0.4, -0.2) is 35.0 Å². The van der Waals surface area contributed by atoms with Crippen LogP contribution >= 0.6 is 0 Å². The van der Waals surface area contributed by atoms with E-state index in [1.54, 1.807) is 6.07 Å². The molecule has 0 fully saturated rings. The lowest BCUT2D eigenvalue weighted by Crippen LogP contribution is -2.48. The van der Waals surface area contributed by atoms with Crippen molar-refractivity contribution in [3.8, 4) is 5.75 Å². The maximum absolute atomic E-state index is 13.8. The van der Waals surface area contributed by atoms with Crippen LogP contribution in [0.15, 0.2) is 42.5 Å². The Hall–Kier alpha value is -2.89. The molecule has 1 N–H and O–H groups in total. The topological polar surface area (TPSA) is 66.8 Å². The molecule has 0 saturated carbocycles. The van der Waals surface area contributed by atoms with Gasteiger partial charge in [0.05, 0.1) is 7.11 Å². The minimum Gasteiger partial charge on any atom is -0.494 e. The Morgan fingerprint density at radius 3 is 2.62 bits per heavy atom. The standard InChI is InChI=1S/C20H20FNO4/c1-26-18-8-6-13(10-16(18)21)7-9-19(23)22-12-15-5-3-2-4-14(15)11-17(22)20(24)25/h2-6,8,10,17H,7,9,11-12H2,1H3,(H,24,25)/t17-/m1/s1. The molecule has 0 spiro atoms. The van der Waals surface area contributed by atoms with Crippen molar-refractivity contribution < 1.29 is 23.8 Å². The number of hydrogen-bond acceptors (Lipinski definition) is 3. The molecular formula is C20H20FNO4. The third-order valence-corrected chi connectivity index (χ3v) is 4.70. The Labute approximate surface area is 151 Å². The van der Waals surface area contributed by atoms with E-state index in [0.29, 0.717) is 18.4 Å². The fourth-order valence-electron chi connectivity index (χ4n) is 3.27. The minimum absolute atomic E-state index is 0.123. The molecule has 0 aromatic heterocycles. The van der Waals surface area contributed by atoms with Crippen molar-refractivity contribution in [3.05, 3.63) is 65.0 Å². The summed E-state index contributed by atoms with van der Waals surface area (Å²) in [7, 11) is 1.39. The third kappa shape index (κ3) is 3.69. The Morgan fingerprint density at radius 1 is 1.23 bits per heavy atom. The zero-order valence-electron chi connectivity index (χ0n) is 14.4. The summed E-state index contributed by atoms with van der Waals surface area (Å²) < 4.78 is 18.6. The monoisotopic (exact) mass is 357 g/mol. The molecule has 6 heteroatoms. The molecular weight excluding hydrogens is 337 g/mol. The second-order valence-corrected chi connectivity index (χ2v) is 6.32. The number of carboxylic acid groups (broad SMARTS) is 1. The number of rotatable bonds is 5. The average Bonchev–Trinajstić information content (AvgIpc) is 2.65. The highest BCUT2D eigenvalue weighted by Gasteiger charge is 2.34. The Bertz CT molecular complexity index is 836. The number of amides is 1. The molecule has 1 heterocycles. The highest BCUT2D eigenvalue weighted by molar-refractivity contribution is 5.84. The fourth-order valence-corrected chi connectivity index (χ4v) is 3.27. The van der Waals surface area contributed by atoms with Crippen molar-refractivity contribution in [2.24, 2.45) is 0 Å². The normalized spacial score (nSPS) is 16.1. The first-order chi connectivity index (χ1) is 12.5. The fraction of sp³-hybridized carbons (Fsp3) is 0.300. The average molecular weight is 357 g/mol. The number of halogens is 1. The lowest BCUT2D eigenvalue weighted by Gasteiger charge is -2.34. The van der Waals surface area contributed by atoms with Crippen LogP contribution in [0.4, 0.5) is 4.39 Å². The molecule has 0 aliphatic carbocycles. The molecule has 2 aromatic carbocycles. The number of benzene rings is 2. The number of methoxy groups -OCH3 is 1. The number of hydrogen-bond donors (Lipinski definition) is 1. The lowest BCUT2D eigenvalue weighted by molar-refractivity contribution is -0.151. The summed E-state index contributed by atoms with van der Waals surface area (Å²) in [4.78, 5) is 25.7. The number of carbonyl (C=O) groups excluding carboxylic acids is 1. The summed E-state index contributed by atoms with van der Waals surface area (Å²) in [6, 6.07) is 11.2. The van der Waals surface area contributed by atoms with Crippen molar-refractivity contribution >= 4 is 11.9 Å². The number of fused-ring (bicyclic) bond motifs is 1. The lowest BCUT2D eigenvalue weighted by atomic mass is 9.93. The van der Waals surface area contributed by atoms with Crippen LogP contribution in [0.5, 0.6) is 5.75 Å². The van der Waals surface area contributed by atoms with Crippen LogP contribution in [0.2, 0.25) is 0 Å². The second kappa shape index (κ2) is 7.56. The van der Waals surface area contributed by atoms with Gasteiger partial charge >= 0.3 is 5.97 Å². The number of ether oxygens (including phenoxy) is 1. The first-order valence-corrected chi connectivity index (χ1v) is 8.41. The molecule has 1 aliphatic heterocycles. The number of nitrogens with zero attached hydrogens (tertiary/aromatic N) is 1. The summed E-state index contributed by atoms with van der Waals surface area (Å²) in [5.74, 6) is -1.59. The molecule has 1 amide bonds. The second-order valence-electron chi connectivity index (χ2n) is 6.32.